The Kier molecular flexibility index (Phi) is 12.8. The quantitative estimate of drug-likeness (QED) is 0.313. The van der Waals surface area contributed by atoms with Crippen LogP contribution in [0.25, 0.3) is 0 Å². The molecule has 0 aromatic rings. The molecule has 0 spiro atoms. The molecular formula is C12H29IN4O2S. The van der Waals surface area contributed by atoms with Crippen LogP contribution in [0, 0.1) is 5.92 Å². The summed E-state index contributed by atoms with van der Waals surface area (Å²) in [4.78, 5) is 4.20. The van der Waals surface area contributed by atoms with E-state index < -0.39 is 10.0 Å². The summed E-state index contributed by atoms with van der Waals surface area (Å²) in [5, 5.41) is 11.3. The summed E-state index contributed by atoms with van der Waals surface area (Å²) in [5.41, 5.74) is 0. The molecule has 0 aromatic heterocycles. The Balaban J connectivity index is 0. The van der Waals surface area contributed by atoms with Crippen LogP contribution >= 0.6 is 24.0 Å². The van der Waals surface area contributed by atoms with Gasteiger partial charge in [0.1, 0.15) is 0 Å². The highest BCUT2D eigenvalue weighted by molar-refractivity contribution is 14.0. The molecule has 0 heterocycles. The Morgan fingerprint density at radius 3 is 2.30 bits per heavy atom. The van der Waals surface area contributed by atoms with Crippen LogP contribution < -0.4 is 15.8 Å². The second-order valence-corrected chi connectivity index (χ2v) is 6.88. The van der Waals surface area contributed by atoms with Crippen molar-refractivity contribution in [3.8, 4) is 0 Å². The van der Waals surface area contributed by atoms with Gasteiger partial charge in [0.2, 0.25) is 10.0 Å². The first-order valence-electron chi connectivity index (χ1n) is 6.80. The molecule has 0 saturated carbocycles. The van der Waals surface area contributed by atoms with Crippen LogP contribution in [0.15, 0.2) is 4.99 Å². The molecule has 0 radical (unpaired) electrons. The topological polar surface area (TPSA) is 96.6 Å². The van der Waals surface area contributed by atoms with Crippen LogP contribution in [-0.2, 0) is 10.0 Å². The van der Waals surface area contributed by atoms with E-state index in [4.69, 9.17) is 5.14 Å². The van der Waals surface area contributed by atoms with Gasteiger partial charge in [-0.15, -0.1) is 24.0 Å². The van der Waals surface area contributed by atoms with E-state index in [-0.39, 0.29) is 36.3 Å². The molecule has 20 heavy (non-hydrogen) atoms. The van der Waals surface area contributed by atoms with Gasteiger partial charge in [0, 0.05) is 12.6 Å². The highest BCUT2D eigenvalue weighted by Gasteiger charge is 2.07. The second-order valence-electron chi connectivity index (χ2n) is 5.14. The molecular weight excluding hydrogens is 391 g/mol. The third-order valence-electron chi connectivity index (χ3n) is 2.55. The van der Waals surface area contributed by atoms with Gasteiger partial charge >= 0.3 is 0 Å². The molecule has 1 atom stereocenters. The highest BCUT2D eigenvalue weighted by atomic mass is 127. The second kappa shape index (κ2) is 11.6. The molecule has 8 heteroatoms. The zero-order chi connectivity index (χ0) is 14.9. The Labute approximate surface area is 140 Å². The van der Waals surface area contributed by atoms with Gasteiger partial charge in [-0.05, 0) is 32.6 Å². The number of nitrogens with two attached hydrogens (primary N) is 1. The molecule has 0 fully saturated rings. The van der Waals surface area contributed by atoms with Crippen molar-refractivity contribution in [2.45, 2.75) is 46.6 Å². The molecule has 0 aliphatic heterocycles. The highest BCUT2D eigenvalue weighted by Crippen LogP contribution is 2.06. The van der Waals surface area contributed by atoms with E-state index in [2.05, 4.69) is 36.4 Å². The molecule has 0 aromatic carbocycles. The molecule has 0 aliphatic carbocycles. The van der Waals surface area contributed by atoms with Gasteiger partial charge in [-0.25, -0.2) is 13.6 Å². The average molecular weight is 420 g/mol. The number of hydrogen-bond acceptors (Lipinski definition) is 3. The normalized spacial score (nSPS) is 13.8. The summed E-state index contributed by atoms with van der Waals surface area (Å²) in [7, 11) is -3.45. The summed E-state index contributed by atoms with van der Waals surface area (Å²) in [6.07, 6.45) is 2.20. The van der Waals surface area contributed by atoms with E-state index in [0.29, 0.717) is 17.9 Å². The number of aliphatic imine (C=N–C) groups is 1. The van der Waals surface area contributed by atoms with Crippen LogP contribution in [0.3, 0.4) is 0 Å². The van der Waals surface area contributed by atoms with Crippen molar-refractivity contribution in [2.75, 3.05) is 18.8 Å². The van der Waals surface area contributed by atoms with Crippen molar-refractivity contribution < 1.29 is 8.42 Å². The summed E-state index contributed by atoms with van der Waals surface area (Å²) in [6.45, 7) is 9.35. The Morgan fingerprint density at radius 2 is 1.85 bits per heavy atom. The van der Waals surface area contributed by atoms with Crippen LogP contribution in [0.5, 0.6) is 0 Å². The summed E-state index contributed by atoms with van der Waals surface area (Å²) < 4.78 is 21.7. The number of halogens is 1. The maximum Gasteiger partial charge on any atom is 0.210 e. The van der Waals surface area contributed by atoms with Crippen molar-refractivity contribution in [2.24, 2.45) is 16.0 Å². The van der Waals surface area contributed by atoms with Crippen LogP contribution in [0.4, 0.5) is 0 Å². The summed E-state index contributed by atoms with van der Waals surface area (Å²) >= 11 is 0. The summed E-state index contributed by atoms with van der Waals surface area (Å²) in [6, 6.07) is 0.301. The first kappa shape index (κ1) is 22.2. The van der Waals surface area contributed by atoms with E-state index in [9.17, 15) is 8.42 Å². The SMILES string of the molecule is CCNC(=NCCS(N)(=O)=O)NC(C)CCC(C)C.I. The van der Waals surface area contributed by atoms with Crippen molar-refractivity contribution in [3.63, 3.8) is 0 Å². The number of sulfonamides is 1. The number of nitrogens with one attached hydrogen (secondary N) is 2. The fraction of sp³-hybridized carbons (Fsp3) is 0.917. The van der Waals surface area contributed by atoms with Gasteiger partial charge in [0.05, 0.1) is 12.3 Å². The first-order chi connectivity index (χ1) is 8.74. The van der Waals surface area contributed by atoms with E-state index in [1.807, 2.05) is 6.92 Å². The third-order valence-corrected chi connectivity index (χ3v) is 3.30. The maximum absolute atomic E-state index is 10.8. The van der Waals surface area contributed by atoms with Gasteiger partial charge in [-0.3, -0.25) is 4.99 Å². The Bertz CT molecular complexity index is 372. The predicted octanol–water partition coefficient (Wildman–Crippen LogP) is 1.27. The zero-order valence-electron chi connectivity index (χ0n) is 12.8. The van der Waals surface area contributed by atoms with Crippen LogP contribution in [0.2, 0.25) is 0 Å². The molecule has 4 N–H and O–H groups in total. The van der Waals surface area contributed by atoms with E-state index in [1.54, 1.807) is 0 Å². The van der Waals surface area contributed by atoms with Gasteiger partial charge in [0.25, 0.3) is 0 Å². The number of nitrogens with zero attached hydrogens (tertiary/aromatic N) is 1. The van der Waals surface area contributed by atoms with Gasteiger partial charge in [-0.1, -0.05) is 13.8 Å². The number of primary sulfonamides is 1. The minimum atomic E-state index is -3.45. The standard InChI is InChI=1S/C12H28N4O2S.HI/c1-5-14-12(15-8-9-19(13,17)18)16-11(4)7-6-10(2)3;/h10-11H,5-9H2,1-4H3,(H2,13,17,18)(H2,14,15,16);1H. The van der Waals surface area contributed by atoms with Gasteiger partial charge in [-0.2, -0.15) is 0 Å². The fourth-order valence-electron chi connectivity index (χ4n) is 1.49. The Morgan fingerprint density at radius 1 is 1.25 bits per heavy atom. The molecule has 0 bridgehead atoms. The molecule has 0 saturated heterocycles. The monoisotopic (exact) mass is 420 g/mol. The first-order valence-corrected chi connectivity index (χ1v) is 8.51. The van der Waals surface area contributed by atoms with Gasteiger partial charge in [0.15, 0.2) is 5.96 Å². The minimum Gasteiger partial charge on any atom is -0.357 e. The molecule has 0 amide bonds. The van der Waals surface area contributed by atoms with Crippen molar-refractivity contribution in [1.29, 1.82) is 0 Å². The maximum atomic E-state index is 10.8. The lowest BCUT2D eigenvalue weighted by molar-refractivity contribution is 0.489. The van der Waals surface area contributed by atoms with Crippen molar-refractivity contribution in [3.05, 3.63) is 0 Å². The average Bonchev–Trinajstić information content (AvgIpc) is 2.24. The summed E-state index contributed by atoms with van der Waals surface area (Å²) in [5.74, 6) is 1.18. The minimum absolute atomic E-state index is 0. The smallest absolute Gasteiger partial charge is 0.210 e. The largest absolute Gasteiger partial charge is 0.357 e. The van der Waals surface area contributed by atoms with E-state index in [1.165, 1.54) is 0 Å². The van der Waals surface area contributed by atoms with E-state index in [0.717, 1.165) is 19.4 Å². The number of rotatable bonds is 8. The van der Waals surface area contributed by atoms with E-state index >= 15 is 0 Å². The number of hydrogen-bond donors (Lipinski definition) is 3. The Hall–Kier alpha value is -0.0900. The predicted molar refractivity (Wildman–Crippen MR) is 96.0 cm³/mol. The van der Waals surface area contributed by atoms with Crippen molar-refractivity contribution >= 4 is 40.0 Å². The molecule has 1 unspecified atom stereocenters. The lowest BCUT2D eigenvalue weighted by atomic mass is 10.0. The van der Waals surface area contributed by atoms with Crippen molar-refractivity contribution in [1.82, 2.24) is 10.6 Å². The van der Waals surface area contributed by atoms with Crippen LogP contribution in [-0.4, -0.2) is 39.3 Å². The molecule has 0 rings (SSSR count). The lowest BCUT2D eigenvalue weighted by Crippen LogP contribution is -2.42. The van der Waals surface area contributed by atoms with Gasteiger partial charge < -0.3 is 10.6 Å². The lowest BCUT2D eigenvalue weighted by Gasteiger charge is -2.18. The third kappa shape index (κ3) is 14.3. The molecule has 122 valence electrons. The fourth-order valence-corrected chi connectivity index (χ4v) is 1.84. The molecule has 6 nitrogen and oxygen atoms in total. The molecule has 0 aliphatic rings. The van der Waals surface area contributed by atoms with Crippen LogP contribution in [0.1, 0.15) is 40.5 Å². The number of guanidine groups is 1. The zero-order valence-corrected chi connectivity index (χ0v) is 16.0.